The number of nitrogen functional groups attached to an aromatic ring is 1. The predicted molar refractivity (Wildman–Crippen MR) is 98.6 cm³/mol. The summed E-state index contributed by atoms with van der Waals surface area (Å²) >= 11 is 0. The first-order chi connectivity index (χ1) is 12.7. The summed E-state index contributed by atoms with van der Waals surface area (Å²) in [5.41, 5.74) is 8.73. The highest BCUT2D eigenvalue weighted by molar-refractivity contribution is 5.76. The normalized spacial score (nSPS) is 12.0. The lowest BCUT2D eigenvalue weighted by Crippen LogP contribution is -2.08. The summed E-state index contributed by atoms with van der Waals surface area (Å²) in [4.78, 5) is 12.7. The van der Waals surface area contributed by atoms with Crippen molar-refractivity contribution in [2.45, 2.75) is 13.5 Å². The molecular weight excluding hydrogens is 332 g/mol. The molecule has 0 aliphatic carbocycles. The van der Waals surface area contributed by atoms with E-state index < -0.39 is 0 Å². The minimum Gasteiger partial charge on any atom is -0.454 e. The van der Waals surface area contributed by atoms with Crippen molar-refractivity contribution >= 4 is 23.1 Å². The van der Waals surface area contributed by atoms with Crippen LogP contribution in [0, 0.1) is 6.92 Å². The van der Waals surface area contributed by atoms with Crippen LogP contribution in [0.25, 0.3) is 0 Å². The lowest BCUT2D eigenvalue weighted by molar-refractivity contribution is 0.174. The minimum absolute atomic E-state index is 0.257. The zero-order chi connectivity index (χ0) is 17.9. The quantitative estimate of drug-likeness (QED) is 0.645. The van der Waals surface area contributed by atoms with Gasteiger partial charge < -0.3 is 25.8 Å². The molecule has 0 fully saturated rings. The maximum atomic E-state index is 6.19. The second-order valence-electron chi connectivity index (χ2n) is 5.87. The van der Waals surface area contributed by atoms with Crippen molar-refractivity contribution in [1.82, 2.24) is 15.0 Å². The lowest BCUT2D eigenvalue weighted by Gasteiger charge is -2.12. The number of hydrogen-bond acceptors (Lipinski definition) is 8. The van der Waals surface area contributed by atoms with Gasteiger partial charge in [-0.05, 0) is 36.2 Å². The van der Waals surface area contributed by atoms with Gasteiger partial charge in [-0.2, -0.15) is 0 Å². The Bertz CT molecular complexity index is 929. The predicted octanol–water partition coefficient (Wildman–Crippen LogP) is 2.85. The standard InChI is InChI=1S/C18H18N6O2/c1-11-2-5-15(20-7-11)24-18-16(19)17(22-9-23-18)21-8-12-3-4-13-14(6-12)26-10-25-13/h2-7,9H,8,10,19H2,1H3,(H2,20,21,22,23,24). The molecule has 26 heavy (non-hydrogen) atoms. The molecule has 3 aromatic rings. The van der Waals surface area contributed by atoms with Crippen LogP contribution in [0.3, 0.4) is 0 Å². The van der Waals surface area contributed by atoms with Crippen molar-refractivity contribution in [3.05, 3.63) is 54.0 Å². The van der Waals surface area contributed by atoms with Gasteiger partial charge in [0.1, 0.15) is 17.8 Å². The fraction of sp³-hybridized carbons (Fsp3) is 0.167. The second kappa shape index (κ2) is 6.75. The molecule has 8 heteroatoms. The monoisotopic (exact) mass is 350 g/mol. The van der Waals surface area contributed by atoms with Crippen molar-refractivity contribution in [2.75, 3.05) is 23.2 Å². The van der Waals surface area contributed by atoms with Gasteiger partial charge in [-0.25, -0.2) is 15.0 Å². The number of pyridine rings is 1. The molecule has 132 valence electrons. The number of nitrogens with one attached hydrogen (secondary N) is 2. The molecule has 1 aliphatic heterocycles. The Morgan fingerprint density at radius 1 is 1.04 bits per heavy atom. The summed E-state index contributed by atoms with van der Waals surface area (Å²) in [6.07, 6.45) is 3.23. The molecule has 1 aliphatic rings. The van der Waals surface area contributed by atoms with E-state index in [-0.39, 0.29) is 6.79 Å². The third-order valence-corrected chi connectivity index (χ3v) is 3.94. The van der Waals surface area contributed by atoms with Crippen LogP contribution in [0.4, 0.5) is 23.1 Å². The maximum absolute atomic E-state index is 6.19. The number of benzene rings is 1. The molecule has 0 unspecified atom stereocenters. The molecule has 3 heterocycles. The van der Waals surface area contributed by atoms with Crippen LogP contribution in [0.2, 0.25) is 0 Å². The molecule has 0 bridgehead atoms. The Hall–Kier alpha value is -3.55. The van der Waals surface area contributed by atoms with Crippen LogP contribution in [0.5, 0.6) is 11.5 Å². The molecule has 0 spiro atoms. The summed E-state index contributed by atoms with van der Waals surface area (Å²) in [5, 5.41) is 6.33. The van der Waals surface area contributed by atoms with E-state index in [0.717, 1.165) is 22.6 Å². The molecule has 4 N–H and O–H groups in total. The van der Waals surface area contributed by atoms with E-state index in [2.05, 4.69) is 25.6 Å². The number of nitrogens with zero attached hydrogens (tertiary/aromatic N) is 3. The van der Waals surface area contributed by atoms with Crippen LogP contribution < -0.4 is 25.8 Å². The fourth-order valence-electron chi connectivity index (χ4n) is 2.54. The zero-order valence-electron chi connectivity index (χ0n) is 14.2. The Kier molecular flexibility index (Phi) is 4.14. The largest absolute Gasteiger partial charge is 0.454 e. The molecular formula is C18H18N6O2. The number of aromatic nitrogens is 3. The van der Waals surface area contributed by atoms with E-state index in [9.17, 15) is 0 Å². The highest BCUT2D eigenvalue weighted by Gasteiger charge is 2.14. The van der Waals surface area contributed by atoms with E-state index in [4.69, 9.17) is 15.2 Å². The molecule has 8 nitrogen and oxygen atoms in total. The van der Waals surface area contributed by atoms with E-state index in [0.29, 0.717) is 29.7 Å². The number of nitrogens with two attached hydrogens (primary N) is 1. The Morgan fingerprint density at radius 3 is 2.73 bits per heavy atom. The highest BCUT2D eigenvalue weighted by atomic mass is 16.7. The summed E-state index contributed by atoms with van der Waals surface area (Å²) in [7, 11) is 0. The number of aryl methyl sites for hydroxylation is 1. The first-order valence-corrected chi connectivity index (χ1v) is 8.11. The number of ether oxygens (including phenoxy) is 2. The molecule has 0 radical (unpaired) electrons. The average Bonchev–Trinajstić information content (AvgIpc) is 3.12. The third kappa shape index (κ3) is 3.30. The Labute approximate surface area is 150 Å². The smallest absolute Gasteiger partial charge is 0.231 e. The second-order valence-corrected chi connectivity index (χ2v) is 5.87. The van der Waals surface area contributed by atoms with E-state index in [1.807, 2.05) is 37.3 Å². The van der Waals surface area contributed by atoms with Gasteiger partial charge in [0, 0.05) is 12.7 Å². The molecule has 0 saturated carbocycles. The third-order valence-electron chi connectivity index (χ3n) is 3.94. The van der Waals surface area contributed by atoms with Crippen LogP contribution in [0.1, 0.15) is 11.1 Å². The summed E-state index contributed by atoms with van der Waals surface area (Å²) in [6.45, 7) is 2.78. The highest BCUT2D eigenvalue weighted by Crippen LogP contribution is 2.33. The van der Waals surface area contributed by atoms with Gasteiger partial charge in [-0.3, -0.25) is 0 Å². The number of anilines is 4. The molecule has 4 rings (SSSR count). The molecule has 0 amide bonds. The molecule has 1 aromatic carbocycles. The number of rotatable bonds is 5. The van der Waals surface area contributed by atoms with E-state index >= 15 is 0 Å². The van der Waals surface area contributed by atoms with Crippen molar-refractivity contribution in [3.8, 4) is 11.5 Å². The Balaban J connectivity index is 1.47. The SMILES string of the molecule is Cc1ccc(Nc2ncnc(NCc3ccc4c(c3)OCO4)c2N)nc1. The lowest BCUT2D eigenvalue weighted by atomic mass is 10.2. The van der Waals surface area contributed by atoms with Gasteiger partial charge in [-0.15, -0.1) is 0 Å². The van der Waals surface area contributed by atoms with Crippen LogP contribution in [-0.2, 0) is 6.54 Å². The molecule has 0 atom stereocenters. The van der Waals surface area contributed by atoms with Crippen LogP contribution >= 0.6 is 0 Å². The summed E-state index contributed by atoms with van der Waals surface area (Å²) in [6, 6.07) is 9.62. The summed E-state index contributed by atoms with van der Waals surface area (Å²) < 4.78 is 10.7. The fourth-order valence-corrected chi connectivity index (χ4v) is 2.54. The van der Waals surface area contributed by atoms with Crippen molar-refractivity contribution < 1.29 is 9.47 Å². The van der Waals surface area contributed by atoms with E-state index in [1.54, 1.807) is 6.20 Å². The van der Waals surface area contributed by atoms with Crippen molar-refractivity contribution in [1.29, 1.82) is 0 Å². The maximum Gasteiger partial charge on any atom is 0.231 e. The van der Waals surface area contributed by atoms with Crippen molar-refractivity contribution in [2.24, 2.45) is 0 Å². The van der Waals surface area contributed by atoms with Crippen LogP contribution in [-0.4, -0.2) is 21.7 Å². The van der Waals surface area contributed by atoms with Gasteiger partial charge in [0.05, 0.1) is 0 Å². The average molecular weight is 350 g/mol. The van der Waals surface area contributed by atoms with Crippen LogP contribution in [0.15, 0.2) is 42.9 Å². The molecule has 0 saturated heterocycles. The zero-order valence-corrected chi connectivity index (χ0v) is 14.2. The topological polar surface area (TPSA) is 107 Å². The van der Waals surface area contributed by atoms with Gasteiger partial charge in [0.2, 0.25) is 6.79 Å². The number of hydrogen-bond donors (Lipinski definition) is 3. The van der Waals surface area contributed by atoms with Gasteiger partial charge in [-0.1, -0.05) is 12.1 Å². The Morgan fingerprint density at radius 2 is 1.88 bits per heavy atom. The van der Waals surface area contributed by atoms with E-state index in [1.165, 1.54) is 6.33 Å². The van der Waals surface area contributed by atoms with Gasteiger partial charge in [0.15, 0.2) is 23.1 Å². The number of fused-ring (bicyclic) bond motifs is 1. The first kappa shape index (κ1) is 15.9. The van der Waals surface area contributed by atoms with Gasteiger partial charge in [0.25, 0.3) is 0 Å². The first-order valence-electron chi connectivity index (χ1n) is 8.11. The minimum atomic E-state index is 0.257. The van der Waals surface area contributed by atoms with Crippen molar-refractivity contribution in [3.63, 3.8) is 0 Å². The van der Waals surface area contributed by atoms with Gasteiger partial charge >= 0.3 is 0 Å². The molecule has 2 aromatic heterocycles. The summed E-state index contributed by atoms with van der Waals surface area (Å²) in [5.74, 6) is 3.22.